The second kappa shape index (κ2) is 12.4. The molecule has 0 amide bonds. The lowest BCUT2D eigenvalue weighted by molar-refractivity contribution is -0.141. The summed E-state index contributed by atoms with van der Waals surface area (Å²) in [5.74, 6) is -1.37. The van der Waals surface area contributed by atoms with Gasteiger partial charge in [0.2, 0.25) is 5.76 Å². The molecule has 0 fully saturated rings. The van der Waals surface area contributed by atoms with Gasteiger partial charge in [-0.1, -0.05) is 74.5 Å². The van der Waals surface area contributed by atoms with E-state index in [1.807, 2.05) is 74.5 Å². The summed E-state index contributed by atoms with van der Waals surface area (Å²) in [6.07, 6.45) is 0.858. The molecule has 0 saturated carbocycles. The molecule has 0 radical (unpaired) electrons. The number of rotatable bonds is 11. The number of carbonyl (C=O) groups is 2. The highest BCUT2D eigenvalue weighted by Crippen LogP contribution is 2.35. The predicted molar refractivity (Wildman–Crippen MR) is 134 cm³/mol. The molecule has 182 valence electrons. The van der Waals surface area contributed by atoms with Crippen molar-refractivity contribution in [2.24, 2.45) is 0 Å². The van der Waals surface area contributed by atoms with Crippen molar-refractivity contribution in [3.05, 3.63) is 107 Å². The third-order valence-electron chi connectivity index (χ3n) is 5.23. The number of aliphatic hydroxyl groups excluding tert-OH is 1. The number of aliphatic hydroxyl groups is 1. The van der Waals surface area contributed by atoms with Crippen molar-refractivity contribution in [3.63, 3.8) is 0 Å². The summed E-state index contributed by atoms with van der Waals surface area (Å²) in [5, 5.41) is 10.0. The lowest BCUT2D eigenvalue weighted by Crippen LogP contribution is -2.11. The lowest BCUT2D eigenvalue weighted by Gasteiger charge is -2.19. The van der Waals surface area contributed by atoms with Gasteiger partial charge in [0.05, 0.1) is 12.2 Å². The molecule has 1 N–H and O–H groups in total. The summed E-state index contributed by atoms with van der Waals surface area (Å²) in [7, 11) is 0. The van der Waals surface area contributed by atoms with Gasteiger partial charge in [0.25, 0.3) is 0 Å². The minimum Gasteiger partial charge on any atom is -0.502 e. The molecule has 6 heteroatoms. The first-order valence-electron chi connectivity index (χ1n) is 11.5. The van der Waals surface area contributed by atoms with Crippen molar-refractivity contribution in [1.29, 1.82) is 0 Å². The van der Waals surface area contributed by atoms with Crippen LogP contribution >= 0.6 is 0 Å². The van der Waals surface area contributed by atoms with Gasteiger partial charge < -0.3 is 19.3 Å². The Morgan fingerprint density at radius 1 is 0.857 bits per heavy atom. The molecular weight excluding hydrogens is 444 g/mol. The highest BCUT2D eigenvalue weighted by molar-refractivity contribution is 6.09. The number of ketones is 1. The van der Waals surface area contributed by atoms with Crippen LogP contribution < -0.4 is 9.47 Å². The Morgan fingerprint density at radius 3 is 1.91 bits per heavy atom. The monoisotopic (exact) mass is 474 g/mol. The zero-order chi connectivity index (χ0) is 25.2. The van der Waals surface area contributed by atoms with Crippen LogP contribution in [0.25, 0.3) is 0 Å². The fourth-order valence-corrected chi connectivity index (χ4v) is 3.40. The van der Waals surface area contributed by atoms with E-state index in [0.717, 1.165) is 22.8 Å². The molecule has 0 aromatic heterocycles. The number of hydrogen-bond donors (Lipinski definition) is 1. The fourth-order valence-electron chi connectivity index (χ4n) is 3.40. The van der Waals surface area contributed by atoms with Crippen molar-refractivity contribution < 1.29 is 28.9 Å². The molecule has 3 rings (SSSR count). The zero-order valence-electron chi connectivity index (χ0n) is 20.2. The molecule has 35 heavy (non-hydrogen) atoms. The van der Waals surface area contributed by atoms with Crippen molar-refractivity contribution in [2.45, 2.75) is 39.9 Å². The van der Waals surface area contributed by atoms with E-state index in [4.69, 9.17) is 14.2 Å². The molecule has 0 atom stereocenters. The van der Waals surface area contributed by atoms with Crippen molar-refractivity contribution in [2.75, 3.05) is 6.61 Å². The number of benzene rings is 3. The van der Waals surface area contributed by atoms with Crippen LogP contribution in [0.2, 0.25) is 0 Å². The maximum atomic E-state index is 13.1. The van der Waals surface area contributed by atoms with Gasteiger partial charge in [-0.05, 0) is 35.6 Å². The molecule has 0 spiro atoms. The summed E-state index contributed by atoms with van der Waals surface area (Å²) in [5.41, 5.74) is 2.96. The van der Waals surface area contributed by atoms with Crippen molar-refractivity contribution in [1.82, 2.24) is 0 Å². The molecule has 0 aliphatic heterocycles. The summed E-state index contributed by atoms with van der Waals surface area (Å²) in [4.78, 5) is 24.9. The molecule has 3 aromatic rings. The topological polar surface area (TPSA) is 82.1 Å². The number of carbonyl (C=O) groups excluding carboxylic acids is 2. The fraction of sp³-hybridized carbons (Fsp3) is 0.241. The Balaban J connectivity index is 1.98. The Kier molecular flexibility index (Phi) is 9.07. The van der Waals surface area contributed by atoms with Crippen LogP contribution in [0.4, 0.5) is 0 Å². The molecular formula is C29H30O6. The normalized spacial score (nSPS) is 11.3. The molecule has 6 nitrogen and oxygen atoms in total. The van der Waals surface area contributed by atoms with Gasteiger partial charge in [-0.15, -0.1) is 0 Å². The minimum atomic E-state index is -0.959. The standard InChI is InChI=1S/C29H30O6/c1-4-33-29(32)26(31)16-25(30)24-15-23(20(2)3)27(34-18-21-11-7-5-8-12-21)17-28(24)35-19-22-13-9-6-10-14-22/h5-17,20,31H,4,18-19H2,1-3H3. The van der Waals surface area contributed by atoms with Crippen LogP contribution in [0.5, 0.6) is 11.5 Å². The van der Waals surface area contributed by atoms with Crippen LogP contribution in [0, 0.1) is 0 Å². The molecule has 0 bridgehead atoms. The maximum absolute atomic E-state index is 13.1. The summed E-state index contributed by atoms with van der Waals surface area (Å²) in [6, 6.07) is 22.7. The zero-order valence-corrected chi connectivity index (χ0v) is 20.2. The summed E-state index contributed by atoms with van der Waals surface area (Å²) in [6.45, 7) is 6.28. The largest absolute Gasteiger partial charge is 0.502 e. The van der Waals surface area contributed by atoms with E-state index in [0.29, 0.717) is 18.1 Å². The smallest absolute Gasteiger partial charge is 0.373 e. The highest BCUT2D eigenvalue weighted by atomic mass is 16.5. The van der Waals surface area contributed by atoms with E-state index in [9.17, 15) is 14.7 Å². The molecule has 0 aliphatic carbocycles. The molecule has 0 aliphatic rings. The number of allylic oxidation sites excluding steroid dienone is 1. The quantitative estimate of drug-likeness (QED) is 0.155. The average molecular weight is 475 g/mol. The number of esters is 1. The van der Waals surface area contributed by atoms with Gasteiger partial charge in [0.1, 0.15) is 24.7 Å². The molecule has 0 saturated heterocycles. The van der Waals surface area contributed by atoms with Crippen LogP contribution in [-0.4, -0.2) is 23.5 Å². The first kappa shape index (κ1) is 25.6. The minimum absolute atomic E-state index is 0.0399. The van der Waals surface area contributed by atoms with Crippen LogP contribution in [0.15, 0.2) is 84.6 Å². The van der Waals surface area contributed by atoms with Crippen LogP contribution in [0.3, 0.4) is 0 Å². The second-order valence-electron chi connectivity index (χ2n) is 8.20. The Morgan fingerprint density at radius 2 is 1.40 bits per heavy atom. The van der Waals surface area contributed by atoms with Gasteiger partial charge in [-0.3, -0.25) is 4.79 Å². The molecule has 0 unspecified atom stereocenters. The van der Waals surface area contributed by atoms with Gasteiger partial charge in [-0.2, -0.15) is 0 Å². The van der Waals surface area contributed by atoms with Crippen LogP contribution in [-0.2, 0) is 22.7 Å². The van der Waals surface area contributed by atoms with Crippen LogP contribution in [0.1, 0.15) is 53.7 Å². The first-order valence-corrected chi connectivity index (χ1v) is 11.5. The Labute approximate surface area is 205 Å². The average Bonchev–Trinajstić information content (AvgIpc) is 2.87. The summed E-state index contributed by atoms with van der Waals surface area (Å²) >= 11 is 0. The van der Waals surface area contributed by atoms with E-state index >= 15 is 0 Å². The van der Waals surface area contributed by atoms with E-state index in [1.54, 1.807) is 19.1 Å². The molecule has 0 heterocycles. The lowest BCUT2D eigenvalue weighted by atomic mass is 9.96. The van der Waals surface area contributed by atoms with E-state index in [1.165, 1.54) is 0 Å². The Hall–Kier alpha value is -4.06. The van der Waals surface area contributed by atoms with Crippen molar-refractivity contribution in [3.8, 4) is 11.5 Å². The third kappa shape index (κ3) is 7.21. The van der Waals surface area contributed by atoms with Gasteiger partial charge in [0, 0.05) is 12.1 Å². The summed E-state index contributed by atoms with van der Waals surface area (Å²) < 4.78 is 16.9. The second-order valence-corrected chi connectivity index (χ2v) is 8.20. The van der Waals surface area contributed by atoms with Gasteiger partial charge in [0.15, 0.2) is 5.78 Å². The van der Waals surface area contributed by atoms with E-state index in [-0.39, 0.29) is 24.7 Å². The third-order valence-corrected chi connectivity index (χ3v) is 5.23. The highest BCUT2D eigenvalue weighted by Gasteiger charge is 2.21. The SMILES string of the molecule is CCOC(=O)C(O)=CC(=O)c1cc(C(C)C)c(OCc2ccccc2)cc1OCc1ccccc1. The van der Waals surface area contributed by atoms with Gasteiger partial charge >= 0.3 is 5.97 Å². The first-order chi connectivity index (χ1) is 16.9. The van der Waals surface area contributed by atoms with E-state index < -0.39 is 17.5 Å². The maximum Gasteiger partial charge on any atom is 0.373 e. The number of hydrogen-bond acceptors (Lipinski definition) is 6. The Bertz CT molecular complexity index is 1170. The van der Waals surface area contributed by atoms with E-state index in [2.05, 4.69) is 0 Å². The number of ether oxygens (including phenoxy) is 3. The predicted octanol–water partition coefficient (Wildman–Crippen LogP) is 6.16. The van der Waals surface area contributed by atoms with Gasteiger partial charge in [-0.25, -0.2) is 4.79 Å². The van der Waals surface area contributed by atoms with Crippen molar-refractivity contribution >= 4 is 11.8 Å². The molecule has 3 aromatic carbocycles.